The highest BCUT2D eigenvalue weighted by molar-refractivity contribution is 4.65. The van der Waals surface area contributed by atoms with Crippen LogP contribution < -0.4 is 0 Å². The molecule has 0 amide bonds. The summed E-state index contributed by atoms with van der Waals surface area (Å²) in [5.74, 6) is 0. The van der Waals surface area contributed by atoms with Gasteiger partial charge in [-0.2, -0.15) is 0 Å². The first-order valence-corrected chi connectivity index (χ1v) is 3.46. The Morgan fingerprint density at radius 3 is 2.00 bits per heavy atom. The van der Waals surface area contributed by atoms with E-state index in [-0.39, 0.29) is 11.7 Å². The molecule has 1 unspecified atom stereocenters. The minimum atomic E-state index is -0.0393. The van der Waals surface area contributed by atoms with Crippen molar-refractivity contribution in [3.63, 3.8) is 0 Å². The lowest BCUT2D eigenvalue weighted by atomic mass is 10.2. The van der Waals surface area contributed by atoms with Crippen molar-refractivity contribution in [3.8, 4) is 0 Å². The van der Waals surface area contributed by atoms with Crippen LogP contribution in [0.15, 0.2) is 0 Å². The molecular formula is C8H17O. The van der Waals surface area contributed by atoms with Gasteiger partial charge in [0.05, 0.1) is 11.7 Å². The van der Waals surface area contributed by atoms with Crippen LogP contribution in [0.5, 0.6) is 0 Å². The first kappa shape index (κ1) is 8.96. The fraction of sp³-hybridized carbons (Fsp3) is 0.875. The fourth-order valence-corrected chi connectivity index (χ4v) is 0.583. The fourth-order valence-electron chi connectivity index (χ4n) is 0.583. The van der Waals surface area contributed by atoms with Crippen molar-refractivity contribution in [2.24, 2.45) is 0 Å². The van der Waals surface area contributed by atoms with Crippen molar-refractivity contribution in [1.82, 2.24) is 0 Å². The van der Waals surface area contributed by atoms with Gasteiger partial charge < -0.3 is 4.74 Å². The molecule has 1 nitrogen and oxygen atoms in total. The molecule has 0 heterocycles. The molecule has 0 fully saturated rings. The van der Waals surface area contributed by atoms with E-state index in [1.807, 2.05) is 20.8 Å². The molecule has 1 atom stereocenters. The Hall–Kier alpha value is -0.0400. The van der Waals surface area contributed by atoms with Crippen LogP contribution in [0.2, 0.25) is 0 Å². The summed E-state index contributed by atoms with van der Waals surface area (Å²) in [4.78, 5) is 0. The zero-order valence-corrected chi connectivity index (χ0v) is 6.90. The van der Waals surface area contributed by atoms with Gasteiger partial charge in [-0.1, -0.05) is 6.92 Å². The summed E-state index contributed by atoms with van der Waals surface area (Å²) >= 11 is 0. The summed E-state index contributed by atoms with van der Waals surface area (Å²) < 4.78 is 5.48. The summed E-state index contributed by atoms with van der Waals surface area (Å²) in [6, 6.07) is 0. The molecule has 1 heteroatoms. The molecule has 0 aromatic rings. The molecule has 0 spiro atoms. The van der Waals surface area contributed by atoms with Gasteiger partial charge in [0.15, 0.2) is 0 Å². The van der Waals surface area contributed by atoms with Gasteiger partial charge in [0, 0.05) is 0 Å². The second-order valence-corrected chi connectivity index (χ2v) is 3.26. The van der Waals surface area contributed by atoms with Crippen molar-refractivity contribution in [3.05, 3.63) is 6.92 Å². The summed E-state index contributed by atoms with van der Waals surface area (Å²) in [5, 5.41) is 0. The number of rotatable bonds is 2. The summed E-state index contributed by atoms with van der Waals surface area (Å²) in [7, 11) is 0. The van der Waals surface area contributed by atoms with Gasteiger partial charge in [-0.25, -0.2) is 0 Å². The van der Waals surface area contributed by atoms with Crippen molar-refractivity contribution < 1.29 is 4.74 Å². The van der Waals surface area contributed by atoms with Crippen LogP contribution in [0.25, 0.3) is 0 Å². The van der Waals surface area contributed by atoms with Crippen LogP contribution in [-0.2, 0) is 4.74 Å². The molecule has 0 saturated heterocycles. The number of hydrogen-bond acceptors (Lipinski definition) is 1. The maximum Gasteiger partial charge on any atom is 0.0602 e. The van der Waals surface area contributed by atoms with Gasteiger partial charge in [-0.15, -0.1) is 0 Å². The average molecular weight is 129 g/mol. The molecule has 0 aliphatic carbocycles. The molecule has 1 radical (unpaired) electrons. The van der Waals surface area contributed by atoms with Crippen molar-refractivity contribution in [2.45, 2.75) is 45.8 Å². The zero-order valence-electron chi connectivity index (χ0n) is 6.90. The molecule has 0 aromatic heterocycles. The van der Waals surface area contributed by atoms with Crippen molar-refractivity contribution >= 4 is 0 Å². The molecule has 0 N–H and O–H groups in total. The van der Waals surface area contributed by atoms with E-state index in [1.165, 1.54) is 0 Å². The van der Waals surface area contributed by atoms with E-state index in [2.05, 4.69) is 13.8 Å². The number of hydrogen-bond donors (Lipinski definition) is 0. The van der Waals surface area contributed by atoms with E-state index in [1.54, 1.807) is 0 Å². The summed E-state index contributed by atoms with van der Waals surface area (Å²) in [5.41, 5.74) is -0.0393. The third kappa shape index (κ3) is 5.84. The lowest BCUT2D eigenvalue weighted by Crippen LogP contribution is -2.24. The first-order chi connectivity index (χ1) is 3.95. The van der Waals surface area contributed by atoms with Gasteiger partial charge >= 0.3 is 0 Å². The normalized spacial score (nSPS) is 15.7. The van der Waals surface area contributed by atoms with E-state index in [0.29, 0.717) is 0 Å². The largest absolute Gasteiger partial charge is 0.373 e. The molecule has 0 rings (SSSR count). The molecule has 9 heavy (non-hydrogen) atoms. The molecule has 0 saturated carbocycles. The Kier molecular flexibility index (Phi) is 3.20. The van der Waals surface area contributed by atoms with Gasteiger partial charge in [0.1, 0.15) is 0 Å². The summed E-state index contributed by atoms with van der Waals surface area (Å²) in [6.45, 7) is 12.0. The van der Waals surface area contributed by atoms with Crippen molar-refractivity contribution in [1.29, 1.82) is 0 Å². The second kappa shape index (κ2) is 3.21. The molecular weight excluding hydrogens is 112 g/mol. The third-order valence-corrected chi connectivity index (χ3v) is 0.976. The summed E-state index contributed by atoms with van der Waals surface area (Å²) in [6.07, 6.45) is 1.13. The minimum absolute atomic E-state index is 0.0393. The Bertz CT molecular complexity index is 71.1. The predicted molar refractivity (Wildman–Crippen MR) is 40.3 cm³/mol. The number of ether oxygens (including phenoxy) is 1. The van der Waals surface area contributed by atoms with E-state index in [4.69, 9.17) is 4.74 Å². The Morgan fingerprint density at radius 1 is 1.44 bits per heavy atom. The maximum absolute atomic E-state index is 5.48. The third-order valence-electron chi connectivity index (χ3n) is 0.976. The monoisotopic (exact) mass is 129 g/mol. The van der Waals surface area contributed by atoms with E-state index < -0.39 is 0 Å². The highest BCUT2D eigenvalue weighted by Gasteiger charge is 2.12. The smallest absolute Gasteiger partial charge is 0.0602 e. The van der Waals surface area contributed by atoms with Gasteiger partial charge in [-0.05, 0) is 34.1 Å². The van der Waals surface area contributed by atoms with Gasteiger partial charge in [0.2, 0.25) is 0 Å². The minimum Gasteiger partial charge on any atom is -0.373 e. The molecule has 0 aliphatic rings. The first-order valence-electron chi connectivity index (χ1n) is 3.46. The topological polar surface area (TPSA) is 9.23 Å². The molecule has 0 aliphatic heterocycles. The maximum atomic E-state index is 5.48. The quantitative estimate of drug-likeness (QED) is 0.556. The van der Waals surface area contributed by atoms with Crippen LogP contribution in [-0.4, -0.2) is 11.7 Å². The van der Waals surface area contributed by atoms with E-state index in [0.717, 1.165) is 6.42 Å². The Morgan fingerprint density at radius 2 is 1.89 bits per heavy atom. The molecule has 0 bridgehead atoms. The highest BCUT2D eigenvalue weighted by atomic mass is 16.5. The lowest BCUT2D eigenvalue weighted by molar-refractivity contribution is -0.0403. The van der Waals surface area contributed by atoms with E-state index in [9.17, 15) is 0 Å². The predicted octanol–water partition coefficient (Wildman–Crippen LogP) is 2.41. The Labute approximate surface area is 58.4 Å². The molecule has 0 aromatic carbocycles. The van der Waals surface area contributed by atoms with Crippen LogP contribution >= 0.6 is 0 Å². The van der Waals surface area contributed by atoms with Crippen LogP contribution in [0.4, 0.5) is 0 Å². The van der Waals surface area contributed by atoms with Crippen molar-refractivity contribution in [2.75, 3.05) is 0 Å². The van der Waals surface area contributed by atoms with Gasteiger partial charge in [-0.3, -0.25) is 0 Å². The van der Waals surface area contributed by atoms with Crippen LogP contribution in [0, 0.1) is 6.92 Å². The zero-order chi connectivity index (χ0) is 7.49. The highest BCUT2D eigenvalue weighted by Crippen LogP contribution is 2.11. The standard InChI is InChI=1S/C8H17O/c1-6-7(2)9-8(3,4)5/h7H,2,6H2,1,3-5H3. The average Bonchev–Trinajstić information content (AvgIpc) is 1.62. The molecule has 55 valence electrons. The van der Waals surface area contributed by atoms with Gasteiger partial charge in [0.25, 0.3) is 0 Å². The second-order valence-electron chi connectivity index (χ2n) is 3.26. The lowest BCUT2D eigenvalue weighted by Gasteiger charge is -2.23. The van der Waals surface area contributed by atoms with Crippen LogP contribution in [0.1, 0.15) is 34.1 Å². The SMILES string of the molecule is [CH2]C(CC)OC(C)(C)C. The van der Waals surface area contributed by atoms with E-state index >= 15 is 0 Å². The Balaban J connectivity index is 3.47. The van der Waals surface area contributed by atoms with Crippen LogP contribution in [0.3, 0.4) is 0 Å².